The molecule has 0 spiro atoms. The van der Waals surface area contributed by atoms with Crippen LogP contribution in [0.25, 0.3) is 0 Å². The van der Waals surface area contributed by atoms with Crippen LogP contribution in [0.4, 0.5) is 0 Å². The number of rotatable bonds is 1. The van der Waals surface area contributed by atoms with Crippen LogP contribution in [0.2, 0.25) is 0 Å². The smallest absolute Gasteiger partial charge is 0.109 e. The summed E-state index contributed by atoms with van der Waals surface area (Å²) >= 11 is 2.07. The van der Waals surface area contributed by atoms with Crippen molar-refractivity contribution < 1.29 is 0 Å². The number of nitrogens with zero attached hydrogens (tertiary/aromatic N) is 2. The van der Waals surface area contributed by atoms with Gasteiger partial charge in [0.05, 0.1) is 5.69 Å². The Balaban J connectivity index is 1.80. The lowest BCUT2D eigenvalue weighted by molar-refractivity contribution is 0.453. The highest BCUT2D eigenvalue weighted by Gasteiger charge is 2.23. The predicted octanol–water partition coefficient (Wildman–Crippen LogP) is 2.11. The van der Waals surface area contributed by atoms with Gasteiger partial charge in [-0.05, 0) is 25.0 Å². The van der Waals surface area contributed by atoms with Crippen LogP contribution >= 0.6 is 11.8 Å². The number of nitrogens with two attached hydrogens (primary N) is 1. The molecule has 1 aromatic rings. The van der Waals surface area contributed by atoms with E-state index >= 15 is 0 Å². The first kappa shape index (κ1) is 10.7. The van der Waals surface area contributed by atoms with Gasteiger partial charge in [0.1, 0.15) is 5.82 Å². The van der Waals surface area contributed by atoms with Gasteiger partial charge in [0, 0.05) is 30.5 Å². The van der Waals surface area contributed by atoms with Crippen molar-refractivity contribution in [3.05, 3.63) is 17.7 Å². The zero-order chi connectivity index (χ0) is 11.0. The molecule has 16 heavy (non-hydrogen) atoms. The van der Waals surface area contributed by atoms with Gasteiger partial charge in [0.25, 0.3) is 0 Å². The normalized spacial score (nSPS) is 30.1. The van der Waals surface area contributed by atoms with Crippen LogP contribution in [0.5, 0.6) is 0 Å². The average molecular weight is 237 g/mol. The number of thioether (sulfide) groups is 1. The fraction of sp³-hybridized carbons (Fsp3) is 0.750. The number of fused-ring (bicyclic) bond motifs is 1. The molecule has 1 fully saturated rings. The van der Waals surface area contributed by atoms with Gasteiger partial charge in [-0.2, -0.15) is 11.8 Å². The molecule has 1 saturated heterocycles. The molecule has 0 amide bonds. The lowest BCUT2D eigenvalue weighted by atomic mass is 10.1. The minimum Gasteiger partial charge on any atom is -0.333 e. The summed E-state index contributed by atoms with van der Waals surface area (Å²) in [6.45, 7) is 0.958. The highest BCUT2D eigenvalue weighted by atomic mass is 32.2. The number of aryl methyl sites for hydroxylation is 1. The Hall–Kier alpha value is -0.480. The van der Waals surface area contributed by atoms with E-state index < -0.39 is 0 Å². The largest absolute Gasteiger partial charge is 0.333 e. The Morgan fingerprint density at radius 2 is 2.31 bits per heavy atom. The van der Waals surface area contributed by atoms with E-state index in [0.29, 0.717) is 11.3 Å². The summed E-state index contributed by atoms with van der Waals surface area (Å²) in [5, 5.41) is 0.642. The average Bonchev–Trinajstić information content (AvgIpc) is 2.73. The Morgan fingerprint density at radius 3 is 3.12 bits per heavy atom. The van der Waals surface area contributed by atoms with E-state index in [9.17, 15) is 0 Å². The molecule has 0 saturated carbocycles. The Labute approximate surface area is 101 Å². The number of imidazole rings is 1. The molecule has 2 aliphatic rings. The number of hydrogen-bond acceptors (Lipinski definition) is 3. The van der Waals surface area contributed by atoms with E-state index in [4.69, 9.17) is 10.7 Å². The summed E-state index contributed by atoms with van der Waals surface area (Å²) in [5.41, 5.74) is 7.28. The molecule has 0 radical (unpaired) electrons. The highest BCUT2D eigenvalue weighted by Crippen LogP contribution is 2.38. The van der Waals surface area contributed by atoms with Gasteiger partial charge in [-0.25, -0.2) is 4.98 Å². The van der Waals surface area contributed by atoms with Gasteiger partial charge in [0.15, 0.2) is 0 Å². The molecule has 0 aromatic carbocycles. The van der Waals surface area contributed by atoms with Crippen LogP contribution in [-0.4, -0.2) is 21.3 Å². The lowest BCUT2D eigenvalue weighted by Crippen LogP contribution is -2.31. The first-order chi connectivity index (χ1) is 7.83. The maximum Gasteiger partial charge on any atom is 0.109 e. The summed E-state index contributed by atoms with van der Waals surface area (Å²) in [6.07, 6.45) is 8.43. The van der Waals surface area contributed by atoms with Crippen molar-refractivity contribution in [2.75, 3.05) is 5.75 Å². The molecule has 2 atom stereocenters. The highest BCUT2D eigenvalue weighted by molar-refractivity contribution is 7.99. The van der Waals surface area contributed by atoms with E-state index in [-0.39, 0.29) is 0 Å². The van der Waals surface area contributed by atoms with Crippen molar-refractivity contribution in [1.29, 1.82) is 0 Å². The molecular weight excluding hydrogens is 218 g/mol. The van der Waals surface area contributed by atoms with Gasteiger partial charge in [-0.15, -0.1) is 0 Å². The molecule has 0 bridgehead atoms. The maximum absolute atomic E-state index is 5.98. The number of aromatic nitrogens is 2. The molecule has 3 nitrogen and oxygen atoms in total. The summed E-state index contributed by atoms with van der Waals surface area (Å²) in [5.74, 6) is 2.55. The second kappa shape index (κ2) is 4.41. The summed E-state index contributed by atoms with van der Waals surface area (Å²) < 4.78 is 2.28. The third-order valence-corrected chi connectivity index (χ3v) is 4.96. The summed E-state index contributed by atoms with van der Waals surface area (Å²) in [4.78, 5) is 4.80. The van der Waals surface area contributed by atoms with Crippen molar-refractivity contribution in [3.8, 4) is 0 Å². The summed E-state index contributed by atoms with van der Waals surface area (Å²) in [6, 6.07) is 0.327. The molecule has 4 heteroatoms. The van der Waals surface area contributed by atoms with Crippen molar-refractivity contribution in [2.24, 2.45) is 5.73 Å². The SMILES string of the molecule is NC1CCc2nc(C3CCCCS3)cn2C1. The van der Waals surface area contributed by atoms with Crippen LogP contribution in [0.3, 0.4) is 0 Å². The monoisotopic (exact) mass is 237 g/mol. The number of hydrogen-bond donors (Lipinski definition) is 1. The minimum absolute atomic E-state index is 0.327. The minimum atomic E-state index is 0.327. The molecule has 88 valence electrons. The fourth-order valence-electron chi connectivity index (χ4n) is 2.62. The van der Waals surface area contributed by atoms with E-state index in [1.807, 2.05) is 0 Å². The van der Waals surface area contributed by atoms with Gasteiger partial charge in [-0.3, -0.25) is 0 Å². The Bertz CT molecular complexity index is 368. The molecule has 2 aliphatic heterocycles. The van der Waals surface area contributed by atoms with Gasteiger partial charge in [0.2, 0.25) is 0 Å². The van der Waals surface area contributed by atoms with E-state index in [0.717, 1.165) is 19.4 Å². The Morgan fingerprint density at radius 1 is 1.38 bits per heavy atom. The first-order valence-electron chi connectivity index (χ1n) is 6.26. The van der Waals surface area contributed by atoms with Crippen LogP contribution in [0.15, 0.2) is 6.20 Å². The quantitative estimate of drug-likeness (QED) is 0.813. The topological polar surface area (TPSA) is 43.8 Å². The zero-order valence-electron chi connectivity index (χ0n) is 9.56. The van der Waals surface area contributed by atoms with Gasteiger partial charge in [-0.1, -0.05) is 6.42 Å². The van der Waals surface area contributed by atoms with Crippen molar-refractivity contribution in [2.45, 2.75) is 49.9 Å². The van der Waals surface area contributed by atoms with Crippen molar-refractivity contribution >= 4 is 11.8 Å². The van der Waals surface area contributed by atoms with E-state index in [1.165, 1.54) is 36.5 Å². The molecule has 0 aliphatic carbocycles. The maximum atomic E-state index is 5.98. The summed E-state index contributed by atoms with van der Waals surface area (Å²) in [7, 11) is 0. The van der Waals surface area contributed by atoms with Crippen LogP contribution in [0, 0.1) is 0 Å². The Kier molecular flexibility index (Phi) is 2.94. The molecule has 1 aromatic heterocycles. The predicted molar refractivity (Wildman–Crippen MR) is 67.6 cm³/mol. The third kappa shape index (κ3) is 2.00. The van der Waals surface area contributed by atoms with Crippen LogP contribution < -0.4 is 5.73 Å². The third-order valence-electron chi connectivity index (χ3n) is 3.56. The fourth-order valence-corrected chi connectivity index (χ4v) is 3.89. The van der Waals surface area contributed by atoms with Crippen molar-refractivity contribution in [1.82, 2.24) is 9.55 Å². The van der Waals surface area contributed by atoms with Crippen LogP contribution in [0.1, 0.15) is 42.5 Å². The van der Waals surface area contributed by atoms with Crippen LogP contribution in [-0.2, 0) is 13.0 Å². The van der Waals surface area contributed by atoms with Crippen molar-refractivity contribution in [3.63, 3.8) is 0 Å². The second-order valence-electron chi connectivity index (χ2n) is 4.89. The van der Waals surface area contributed by atoms with Gasteiger partial charge < -0.3 is 10.3 Å². The second-order valence-corrected chi connectivity index (χ2v) is 6.20. The molecule has 2 unspecified atom stereocenters. The molecule has 2 N–H and O–H groups in total. The van der Waals surface area contributed by atoms with E-state index in [1.54, 1.807) is 0 Å². The van der Waals surface area contributed by atoms with E-state index in [2.05, 4.69) is 22.5 Å². The lowest BCUT2D eigenvalue weighted by Gasteiger charge is -2.19. The molecule has 3 rings (SSSR count). The first-order valence-corrected chi connectivity index (χ1v) is 7.31. The molecule has 3 heterocycles. The zero-order valence-corrected chi connectivity index (χ0v) is 10.4. The standard InChI is InChI=1S/C12H19N3S/c13-9-4-5-12-14-10(8-15(12)7-9)11-3-1-2-6-16-11/h8-9,11H,1-7,13H2. The van der Waals surface area contributed by atoms with Gasteiger partial charge >= 0.3 is 0 Å². The molecular formula is C12H19N3S.